The maximum atomic E-state index is 12.5. The normalized spacial score (nSPS) is 14.0. The van der Waals surface area contributed by atoms with Crippen LogP contribution in [0, 0.1) is 0 Å². The first-order chi connectivity index (χ1) is 15.9. The average Bonchev–Trinajstić information content (AvgIpc) is 3.13. The summed E-state index contributed by atoms with van der Waals surface area (Å²) in [5.74, 6) is -0.879. The van der Waals surface area contributed by atoms with Crippen LogP contribution >= 0.6 is 11.8 Å². The molecule has 7 nitrogen and oxygen atoms in total. The van der Waals surface area contributed by atoms with E-state index < -0.39 is 30.1 Å². The summed E-state index contributed by atoms with van der Waals surface area (Å²) in [6.07, 6.45) is 2.14. The topological polar surface area (TPSA) is 105 Å². The summed E-state index contributed by atoms with van der Waals surface area (Å²) in [5.41, 5.74) is 4.56. The van der Waals surface area contributed by atoms with Gasteiger partial charge in [0.2, 0.25) is 5.91 Å². The Balaban J connectivity index is 1.54. The first-order valence-corrected chi connectivity index (χ1v) is 12.5. The number of nitrogens with one attached hydrogen (secondary N) is 2. The highest BCUT2D eigenvalue weighted by Gasteiger charge is 2.29. The number of benzene rings is 2. The molecule has 0 radical (unpaired) electrons. The van der Waals surface area contributed by atoms with Crippen LogP contribution in [0.25, 0.3) is 11.1 Å². The lowest BCUT2D eigenvalue weighted by molar-refractivity contribution is -0.141. The molecule has 2 aromatic rings. The van der Waals surface area contributed by atoms with Gasteiger partial charge in [-0.25, -0.2) is 9.59 Å². The van der Waals surface area contributed by atoms with Gasteiger partial charge < -0.3 is 20.5 Å². The lowest BCUT2D eigenvalue weighted by Crippen LogP contribution is -2.45. The molecule has 176 valence electrons. The molecule has 1 aliphatic rings. The number of carbonyl (C=O) groups excluding carboxylic acids is 2. The molecule has 0 saturated carbocycles. The number of fused-ring (bicyclic) bond motifs is 3. The minimum Gasteiger partial charge on any atom is -0.480 e. The summed E-state index contributed by atoms with van der Waals surface area (Å²) in [4.78, 5) is 36.2. The Morgan fingerprint density at radius 2 is 1.64 bits per heavy atom. The first kappa shape index (κ1) is 24.6. The summed E-state index contributed by atoms with van der Waals surface area (Å²) < 4.78 is 5.55. The maximum absolute atomic E-state index is 12.5. The van der Waals surface area contributed by atoms with E-state index in [0.29, 0.717) is 18.6 Å². The number of thioether (sulfide) groups is 1. The zero-order valence-corrected chi connectivity index (χ0v) is 19.7. The van der Waals surface area contributed by atoms with Gasteiger partial charge in [0.25, 0.3) is 0 Å². The van der Waals surface area contributed by atoms with E-state index in [1.807, 2.05) is 37.4 Å². The van der Waals surface area contributed by atoms with Gasteiger partial charge in [-0.3, -0.25) is 4.79 Å². The van der Waals surface area contributed by atoms with Crippen LogP contribution in [0.15, 0.2) is 48.5 Å². The molecule has 0 aliphatic heterocycles. The highest BCUT2D eigenvalue weighted by atomic mass is 32.2. The molecule has 0 bridgehead atoms. The third-order valence-corrected chi connectivity index (χ3v) is 6.48. The molecule has 0 saturated heterocycles. The fourth-order valence-corrected chi connectivity index (χ4v) is 4.55. The number of aliphatic carboxylic acids is 1. The third kappa shape index (κ3) is 6.28. The minimum absolute atomic E-state index is 0.0102. The van der Waals surface area contributed by atoms with Gasteiger partial charge in [-0.15, -0.1) is 0 Å². The van der Waals surface area contributed by atoms with Crippen LogP contribution in [0.2, 0.25) is 0 Å². The van der Waals surface area contributed by atoms with Crippen molar-refractivity contribution in [3.05, 3.63) is 59.7 Å². The largest absolute Gasteiger partial charge is 0.480 e. The molecular weight excluding hydrogens is 440 g/mol. The van der Waals surface area contributed by atoms with Gasteiger partial charge in [0.05, 0.1) is 0 Å². The van der Waals surface area contributed by atoms with Crippen LogP contribution in [0.3, 0.4) is 0 Å². The number of hydrogen-bond donors (Lipinski definition) is 3. The number of carboxylic acids is 1. The summed E-state index contributed by atoms with van der Waals surface area (Å²) in [7, 11) is 0. The zero-order valence-electron chi connectivity index (χ0n) is 18.9. The highest BCUT2D eigenvalue weighted by Crippen LogP contribution is 2.44. The van der Waals surface area contributed by atoms with Crippen LogP contribution in [-0.4, -0.2) is 53.8 Å². The van der Waals surface area contributed by atoms with E-state index in [-0.39, 0.29) is 18.9 Å². The Hall–Kier alpha value is -3.00. The highest BCUT2D eigenvalue weighted by molar-refractivity contribution is 7.98. The summed E-state index contributed by atoms with van der Waals surface area (Å²) in [6, 6.07) is 14.8. The number of rotatable bonds is 11. The Bertz CT molecular complexity index is 951. The Morgan fingerprint density at radius 1 is 1.03 bits per heavy atom. The Labute approximate surface area is 198 Å². The van der Waals surface area contributed by atoms with Crippen molar-refractivity contribution >= 4 is 29.7 Å². The van der Waals surface area contributed by atoms with Crippen LogP contribution < -0.4 is 10.6 Å². The van der Waals surface area contributed by atoms with Crippen molar-refractivity contribution in [2.24, 2.45) is 0 Å². The van der Waals surface area contributed by atoms with Crippen molar-refractivity contribution in [1.82, 2.24) is 10.6 Å². The fourth-order valence-electron chi connectivity index (χ4n) is 4.07. The maximum Gasteiger partial charge on any atom is 0.407 e. The van der Waals surface area contributed by atoms with E-state index in [0.717, 1.165) is 22.3 Å². The predicted octanol–water partition coefficient (Wildman–Crippen LogP) is 4.02. The molecule has 0 spiro atoms. The standard InChI is InChI=1S/C25H30N2O5S/c1-3-16(14-23(28)27-22(24(29)30)12-13-33-2)26-25(31)32-15-21-19-10-6-4-8-17(19)18-9-5-7-11-20(18)21/h4-11,16,21-22H,3,12-15H2,1-2H3,(H,26,31)(H,27,28)(H,29,30)/t16-,22+/m1/s1. The smallest absolute Gasteiger partial charge is 0.407 e. The first-order valence-electron chi connectivity index (χ1n) is 11.1. The molecule has 0 aromatic heterocycles. The van der Waals surface area contributed by atoms with Gasteiger partial charge in [0.1, 0.15) is 12.6 Å². The van der Waals surface area contributed by atoms with Crippen LogP contribution in [0.1, 0.15) is 43.2 Å². The molecule has 0 fully saturated rings. The van der Waals surface area contributed by atoms with Gasteiger partial charge >= 0.3 is 12.1 Å². The molecule has 3 rings (SSSR count). The van der Waals surface area contributed by atoms with Gasteiger partial charge in [-0.1, -0.05) is 55.5 Å². The van der Waals surface area contributed by atoms with E-state index >= 15 is 0 Å². The monoisotopic (exact) mass is 470 g/mol. The van der Waals surface area contributed by atoms with Crippen molar-refractivity contribution in [1.29, 1.82) is 0 Å². The van der Waals surface area contributed by atoms with E-state index in [9.17, 15) is 19.5 Å². The van der Waals surface area contributed by atoms with Gasteiger partial charge in [0, 0.05) is 18.4 Å². The van der Waals surface area contributed by atoms with Gasteiger partial charge in [0.15, 0.2) is 0 Å². The van der Waals surface area contributed by atoms with Crippen LogP contribution in [-0.2, 0) is 14.3 Å². The zero-order chi connectivity index (χ0) is 23.8. The number of ether oxygens (including phenoxy) is 1. The molecule has 0 heterocycles. The molecule has 2 aromatic carbocycles. The molecule has 3 N–H and O–H groups in total. The summed E-state index contributed by atoms with van der Waals surface area (Å²) in [5, 5.41) is 14.6. The molecule has 33 heavy (non-hydrogen) atoms. The van der Waals surface area contributed by atoms with Crippen molar-refractivity contribution in [2.45, 2.75) is 44.2 Å². The summed E-state index contributed by atoms with van der Waals surface area (Å²) in [6.45, 7) is 2.04. The van der Waals surface area contributed by atoms with E-state index in [4.69, 9.17) is 4.74 Å². The van der Waals surface area contributed by atoms with Gasteiger partial charge in [-0.05, 0) is 47.1 Å². The molecule has 1 aliphatic carbocycles. The lowest BCUT2D eigenvalue weighted by Gasteiger charge is -2.20. The molecule has 2 amide bonds. The van der Waals surface area contributed by atoms with Crippen LogP contribution in [0.4, 0.5) is 4.79 Å². The van der Waals surface area contributed by atoms with E-state index in [2.05, 4.69) is 34.9 Å². The average molecular weight is 471 g/mol. The minimum atomic E-state index is -1.06. The van der Waals surface area contributed by atoms with Crippen molar-refractivity contribution in [3.63, 3.8) is 0 Å². The quantitative estimate of drug-likeness (QED) is 0.458. The molecular formula is C25H30N2O5S. The molecule has 8 heteroatoms. The summed E-state index contributed by atoms with van der Waals surface area (Å²) >= 11 is 1.52. The number of hydrogen-bond acceptors (Lipinski definition) is 5. The Kier molecular flexibility index (Phi) is 8.77. The van der Waals surface area contributed by atoms with Crippen LogP contribution in [0.5, 0.6) is 0 Å². The SMILES string of the molecule is CC[C@H](CC(=O)N[C@@H](CCSC)C(=O)O)NC(=O)OCC1c2ccccc2-c2ccccc21. The second-order valence-corrected chi connectivity index (χ2v) is 9.00. The second kappa shape index (κ2) is 11.7. The molecule has 0 unspecified atom stereocenters. The van der Waals surface area contributed by atoms with E-state index in [1.54, 1.807) is 0 Å². The fraction of sp³-hybridized carbons (Fsp3) is 0.400. The van der Waals surface area contributed by atoms with Crippen molar-refractivity contribution < 1.29 is 24.2 Å². The third-order valence-electron chi connectivity index (χ3n) is 5.83. The Morgan fingerprint density at radius 3 is 2.18 bits per heavy atom. The second-order valence-electron chi connectivity index (χ2n) is 8.02. The van der Waals surface area contributed by atoms with Gasteiger partial charge in [-0.2, -0.15) is 11.8 Å². The number of carboxylic acid groups (broad SMARTS) is 1. The van der Waals surface area contributed by atoms with E-state index in [1.165, 1.54) is 11.8 Å². The van der Waals surface area contributed by atoms with Crippen molar-refractivity contribution in [2.75, 3.05) is 18.6 Å². The number of carbonyl (C=O) groups is 3. The van der Waals surface area contributed by atoms with Crippen molar-refractivity contribution in [3.8, 4) is 11.1 Å². The molecule has 2 atom stereocenters. The lowest BCUT2D eigenvalue weighted by atomic mass is 9.98. The number of alkyl carbamates (subject to hydrolysis) is 1. The predicted molar refractivity (Wildman–Crippen MR) is 129 cm³/mol. The number of amides is 2.